The SMILES string of the molecule is CSCCC(NC(=O)C(C)NC(=O)C(N)CCCCN)C(=O)NC(C(=O)O)C(C)O. The van der Waals surface area contributed by atoms with E-state index in [0.29, 0.717) is 25.1 Å². The van der Waals surface area contributed by atoms with Gasteiger partial charge in [0.05, 0.1) is 12.1 Å². The van der Waals surface area contributed by atoms with Gasteiger partial charge < -0.3 is 37.6 Å². The van der Waals surface area contributed by atoms with Crippen molar-refractivity contribution < 1.29 is 29.4 Å². The maximum absolute atomic E-state index is 12.5. The van der Waals surface area contributed by atoms with Crippen LogP contribution in [-0.4, -0.2) is 82.7 Å². The van der Waals surface area contributed by atoms with Gasteiger partial charge in [0.1, 0.15) is 12.1 Å². The maximum Gasteiger partial charge on any atom is 0.328 e. The summed E-state index contributed by atoms with van der Waals surface area (Å²) in [6, 6.07) is -4.25. The molecule has 9 N–H and O–H groups in total. The maximum atomic E-state index is 12.5. The monoisotopic (exact) mass is 449 g/mol. The summed E-state index contributed by atoms with van der Waals surface area (Å²) in [5.41, 5.74) is 11.2. The zero-order valence-electron chi connectivity index (χ0n) is 17.7. The van der Waals surface area contributed by atoms with Gasteiger partial charge >= 0.3 is 5.97 Å². The number of nitrogens with one attached hydrogen (secondary N) is 3. The lowest BCUT2D eigenvalue weighted by Gasteiger charge is -2.24. The molecule has 0 saturated heterocycles. The quantitative estimate of drug-likeness (QED) is 0.140. The van der Waals surface area contributed by atoms with Crippen molar-refractivity contribution in [3.8, 4) is 0 Å². The van der Waals surface area contributed by atoms with Gasteiger partial charge in [-0.15, -0.1) is 0 Å². The number of hydrogen-bond acceptors (Lipinski definition) is 8. The van der Waals surface area contributed by atoms with Crippen molar-refractivity contribution in [3.05, 3.63) is 0 Å². The van der Waals surface area contributed by atoms with Crippen molar-refractivity contribution in [2.45, 2.75) is 69.8 Å². The van der Waals surface area contributed by atoms with Crippen LogP contribution in [0.4, 0.5) is 0 Å². The molecule has 0 aliphatic carbocycles. The fourth-order valence-electron chi connectivity index (χ4n) is 2.47. The van der Waals surface area contributed by atoms with Gasteiger partial charge in [-0.25, -0.2) is 4.79 Å². The number of nitrogens with two attached hydrogens (primary N) is 2. The molecule has 12 heteroatoms. The molecule has 0 rings (SSSR count). The molecule has 5 atom stereocenters. The molecule has 11 nitrogen and oxygen atoms in total. The number of aliphatic hydroxyl groups is 1. The van der Waals surface area contributed by atoms with Gasteiger partial charge in [0.25, 0.3) is 0 Å². The van der Waals surface area contributed by atoms with Gasteiger partial charge in [0.2, 0.25) is 17.7 Å². The second-order valence-corrected chi connectivity index (χ2v) is 8.01. The third-order valence-corrected chi connectivity index (χ3v) is 4.99. The number of rotatable bonds is 15. The number of unbranched alkanes of at least 4 members (excludes halogenated alkanes) is 1. The van der Waals surface area contributed by atoms with Crippen molar-refractivity contribution in [1.82, 2.24) is 16.0 Å². The predicted molar refractivity (Wildman–Crippen MR) is 115 cm³/mol. The number of hydrogen-bond donors (Lipinski definition) is 7. The minimum absolute atomic E-state index is 0.240. The molecule has 0 spiro atoms. The molecule has 174 valence electrons. The minimum Gasteiger partial charge on any atom is -0.480 e. The summed E-state index contributed by atoms with van der Waals surface area (Å²) in [5, 5.41) is 25.9. The molecule has 0 radical (unpaired) electrons. The van der Waals surface area contributed by atoms with Gasteiger partial charge in [-0.2, -0.15) is 11.8 Å². The van der Waals surface area contributed by atoms with Crippen LogP contribution in [0.3, 0.4) is 0 Å². The molecular weight excluding hydrogens is 414 g/mol. The van der Waals surface area contributed by atoms with Gasteiger partial charge in [0.15, 0.2) is 6.04 Å². The van der Waals surface area contributed by atoms with Crippen LogP contribution in [0.15, 0.2) is 0 Å². The first kappa shape index (κ1) is 28.1. The molecule has 0 fully saturated rings. The molecule has 0 aromatic rings. The van der Waals surface area contributed by atoms with Crippen LogP contribution in [0.2, 0.25) is 0 Å². The lowest BCUT2D eigenvalue weighted by molar-refractivity contribution is -0.145. The lowest BCUT2D eigenvalue weighted by Crippen LogP contribution is -2.57. The van der Waals surface area contributed by atoms with E-state index < -0.39 is 54.0 Å². The summed E-state index contributed by atoms with van der Waals surface area (Å²) in [7, 11) is 0. The van der Waals surface area contributed by atoms with E-state index >= 15 is 0 Å². The van der Waals surface area contributed by atoms with Crippen molar-refractivity contribution in [1.29, 1.82) is 0 Å². The smallest absolute Gasteiger partial charge is 0.328 e. The highest BCUT2D eigenvalue weighted by Gasteiger charge is 2.30. The van der Waals surface area contributed by atoms with E-state index in [1.165, 1.54) is 25.6 Å². The molecule has 3 amide bonds. The summed E-state index contributed by atoms with van der Waals surface area (Å²) in [4.78, 5) is 48.2. The van der Waals surface area contributed by atoms with Crippen molar-refractivity contribution in [2.24, 2.45) is 11.5 Å². The highest BCUT2D eigenvalue weighted by Crippen LogP contribution is 2.04. The summed E-state index contributed by atoms with van der Waals surface area (Å²) in [5.74, 6) is -2.69. The van der Waals surface area contributed by atoms with Crippen molar-refractivity contribution in [3.63, 3.8) is 0 Å². The molecule has 0 aliphatic heterocycles. The lowest BCUT2D eigenvalue weighted by atomic mass is 10.1. The first-order valence-electron chi connectivity index (χ1n) is 9.81. The second-order valence-electron chi connectivity index (χ2n) is 7.03. The molecule has 0 aliphatic rings. The third-order valence-electron chi connectivity index (χ3n) is 4.35. The van der Waals surface area contributed by atoms with Crippen LogP contribution in [0.25, 0.3) is 0 Å². The third kappa shape index (κ3) is 10.8. The number of aliphatic carboxylic acids is 1. The Morgan fingerprint density at radius 3 is 2.10 bits per heavy atom. The van der Waals surface area contributed by atoms with E-state index in [1.54, 1.807) is 0 Å². The predicted octanol–water partition coefficient (Wildman–Crippen LogP) is -1.86. The Labute approximate surface area is 181 Å². The molecule has 30 heavy (non-hydrogen) atoms. The van der Waals surface area contributed by atoms with Crippen LogP contribution in [0.5, 0.6) is 0 Å². The number of thioether (sulfide) groups is 1. The largest absolute Gasteiger partial charge is 0.480 e. The number of carboxylic acid groups (broad SMARTS) is 1. The van der Waals surface area contributed by atoms with Crippen LogP contribution in [0, 0.1) is 0 Å². The Morgan fingerprint density at radius 1 is 0.967 bits per heavy atom. The van der Waals surface area contributed by atoms with E-state index in [9.17, 15) is 24.3 Å². The normalized spacial score (nSPS) is 15.9. The summed E-state index contributed by atoms with van der Waals surface area (Å²) < 4.78 is 0. The summed E-state index contributed by atoms with van der Waals surface area (Å²) in [6.45, 7) is 3.20. The van der Waals surface area contributed by atoms with Gasteiger partial charge in [-0.1, -0.05) is 6.42 Å². The minimum atomic E-state index is -1.50. The Morgan fingerprint density at radius 2 is 1.60 bits per heavy atom. The van der Waals surface area contributed by atoms with Crippen LogP contribution < -0.4 is 27.4 Å². The highest BCUT2D eigenvalue weighted by atomic mass is 32.2. The summed E-state index contributed by atoms with van der Waals surface area (Å²) in [6.07, 6.45) is 2.61. The van der Waals surface area contributed by atoms with Crippen molar-refractivity contribution in [2.75, 3.05) is 18.6 Å². The number of aliphatic hydroxyl groups excluding tert-OH is 1. The molecular formula is C18H35N5O6S. The van der Waals surface area contributed by atoms with Crippen LogP contribution in [0.1, 0.15) is 39.5 Å². The van der Waals surface area contributed by atoms with Crippen LogP contribution >= 0.6 is 11.8 Å². The number of carbonyl (C=O) groups excluding carboxylic acids is 3. The fraction of sp³-hybridized carbons (Fsp3) is 0.778. The molecule has 0 aromatic heterocycles. The number of carbonyl (C=O) groups is 4. The Kier molecular flexibility index (Phi) is 14.0. The van der Waals surface area contributed by atoms with E-state index in [0.717, 1.165) is 6.42 Å². The zero-order chi connectivity index (χ0) is 23.3. The van der Waals surface area contributed by atoms with Gasteiger partial charge in [-0.3, -0.25) is 14.4 Å². The van der Waals surface area contributed by atoms with E-state index in [4.69, 9.17) is 16.6 Å². The summed E-state index contributed by atoms with van der Waals surface area (Å²) >= 11 is 1.45. The molecule has 5 unspecified atom stereocenters. The molecule has 0 aromatic carbocycles. The average Bonchev–Trinajstić information content (AvgIpc) is 2.68. The van der Waals surface area contributed by atoms with Crippen molar-refractivity contribution >= 4 is 35.5 Å². The Balaban J connectivity index is 4.93. The molecule has 0 saturated carbocycles. The van der Waals surface area contributed by atoms with E-state index in [1.807, 2.05) is 6.26 Å². The zero-order valence-corrected chi connectivity index (χ0v) is 18.5. The molecule has 0 heterocycles. The topological polar surface area (TPSA) is 197 Å². The Hall–Kier alpha value is -1.89. The van der Waals surface area contributed by atoms with Crippen LogP contribution in [-0.2, 0) is 19.2 Å². The first-order chi connectivity index (χ1) is 14.0. The van der Waals surface area contributed by atoms with Gasteiger partial charge in [0, 0.05) is 0 Å². The number of carboxylic acids is 1. The fourth-order valence-corrected chi connectivity index (χ4v) is 2.94. The molecule has 0 bridgehead atoms. The number of amides is 3. The first-order valence-corrected chi connectivity index (χ1v) is 11.2. The Bertz CT molecular complexity index is 577. The van der Waals surface area contributed by atoms with Gasteiger partial charge in [-0.05, 0) is 51.7 Å². The van der Waals surface area contributed by atoms with E-state index in [2.05, 4.69) is 16.0 Å². The highest BCUT2D eigenvalue weighted by molar-refractivity contribution is 7.98. The van der Waals surface area contributed by atoms with E-state index in [-0.39, 0.29) is 6.42 Å². The second kappa shape index (κ2) is 15.0. The average molecular weight is 450 g/mol. The standard InChI is InChI=1S/C18H35N5O6S/c1-10(21-16(26)12(20)6-4-5-8-19)15(25)22-13(7-9-30-3)17(27)23-14(11(2)24)18(28)29/h10-14,24H,4-9,19-20H2,1-3H3,(H,21,26)(H,22,25)(H,23,27)(H,28,29).